The van der Waals surface area contributed by atoms with E-state index in [4.69, 9.17) is 4.74 Å². The van der Waals surface area contributed by atoms with E-state index in [9.17, 15) is 18.0 Å². The fourth-order valence-corrected chi connectivity index (χ4v) is 3.40. The van der Waals surface area contributed by atoms with E-state index in [1.165, 1.54) is 0 Å². The molecule has 3 rings (SSSR count). The van der Waals surface area contributed by atoms with Crippen molar-refractivity contribution >= 4 is 17.6 Å². The molecule has 0 radical (unpaired) electrons. The van der Waals surface area contributed by atoms with Gasteiger partial charge >= 0.3 is 6.18 Å². The molecule has 1 aromatic heterocycles. The second kappa shape index (κ2) is 10.4. The number of methoxy groups -OCH3 is 1. The van der Waals surface area contributed by atoms with Gasteiger partial charge in [0.05, 0.1) is 18.4 Å². The minimum absolute atomic E-state index is 0.0760. The molecule has 0 aliphatic carbocycles. The molecule has 7 nitrogen and oxygen atoms in total. The lowest BCUT2D eigenvalue weighted by Crippen LogP contribution is -2.36. The minimum atomic E-state index is -4.47. The number of amides is 1. The Hall–Kier alpha value is -3.82. The molecule has 2 aromatic carbocycles. The monoisotopic (exact) mass is 473 g/mol. The number of nitrogens with one attached hydrogen (secondary N) is 2. The number of carbonyl (C=O) groups is 1. The predicted octanol–water partition coefficient (Wildman–Crippen LogP) is 4.50. The molecule has 10 heteroatoms. The van der Waals surface area contributed by atoms with Crippen molar-refractivity contribution in [3.8, 4) is 5.75 Å². The first-order chi connectivity index (χ1) is 16.1. The van der Waals surface area contributed by atoms with E-state index < -0.39 is 17.6 Å². The first-order valence-corrected chi connectivity index (χ1v) is 10.5. The SMILES string of the molecule is COc1cccc(NC(=NCCc2c(C)nn(C)c2C)NC(=O)c2ccc(C(F)(F)F)cc2)c1. The number of nitrogens with zero attached hydrogens (tertiary/aromatic N) is 3. The van der Waals surface area contributed by atoms with Crippen LogP contribution >= 0.6 is 0 Å². The van der Waals surface area contributed by atoms with Crippen molar-refractivity contribution in [1.82, 2.24) is 15.1 Å². The average molecular weight is 473 g/mol. The third-order valence-corrected chi connectivity index (χ3v) is 5.33. The van der Waals surface area contributed by atoms with Gasteiger partial charge in [0.2, 0.25) is 5.96 Å². The summed E-state index contributed by atoms with van der Waals surface area (Å²) in [6, 6.07) is 11.1. The number of carbonyl (C=O) groups excluding carboxylic acids is 1. The molecule has 0 bridgehead atoms. The molecule has 1 amide bonds. The lowest BCUT2D eigenvalue weighted by atomic mass is 10.1. The Morgan fingerprint density at radius 2 is 1.85 bits per heavy atom. The van der Waals surface area contributed by atoms with E-state index in [1.54, 1.807) is 36.1 Å². The van der Waals surface area contributed by atoms with E-state index in [1.807, 2.05) is 20.9 Å². The molecular weight excluding hydrogens is 447 g/mol. The number of hydrogen-bond donors (Lipinski definition) is 2. The van der Waals surface area contributed by atoms with Crippen molar-refractivity contribution in [1.29, 1.82) is 0 Å². The molecule has 1 heterocycles. The van der Waals surface area contributed by atoms with Crippen LogP contribution in [0.5, 0.6) is 5.75 Å². The summed E-state index contributed by atoms with van der Waals surface area (Å²) < 4.78 is 45.5. The van der Waals surface area contributed by atoms with Gasteiger partial charge in [-0.25, -0.2) is 0 Å². The summed E-state index contributed by atoms with van der Waals surface area (Å²) in [6.45, 7) is 4.25. The van der Waals surface area contributed by atoms with Crippen LogP contribution in [0.15, 0.2) is 53.5 Å². The number of alkyl halides is 3. The zero-order valence-corrected chi connectivity index (χ0v) is 19.3. The molecule has 3 aromatic rings. The predicted molar refractivity (Wildman–Crippen MR) is 124 cm³/mol. The zero-order chi connectivity index (χ0) is 24.9. The second-order valence-corrected chi connectivity index (χ2v) is 7.64. The molecule has 0 aliphatic heterocycles. The maximum Gasteiger partial charge on any atom is 0.416 e. The summed E-state index contributed by atoms with van der Waals surface area (Å²) in [7, 11) is 3.41. The first kappa shape index (κ1) is 24.8. The summed E-state index contributed by atoms with van der Waals surface area (Å²) in [6.07, 6.45) is -3.87. The van der Waals surface area contributed by atoms with Crippen molar-refractivity contribution in [2.75, 3.05) is 19.0 Å². The summed E-state index contributed by atoms with van der Waals surface area (Å²) >= 11 is 0. The number of guanidine groups is 1. The van der Waals surface area contributed by atoms with Crippen LogP contribution in [0.25, 0.3) is 0 Å². The van der Waals surface area contributed by atoms with Crippen LogP contribution in [-0.2, 0) is 19.6 Å². The molecule has 0 fully saturated rings. The van der Waals surface area contributed by atoms with E-state index in [2.05, 4.69) is 20.7 Å². The Labute approximate surface area is 195 Å². The van der Waals surface area contributed by atoms with Crippen LogP contribution in [0.4, 0.5) is 18.9 Å². The number of aryl methyl sites for hydroxylation is 2. The van der Waals surface area contributed by atoms with Crippen LogP contribution in [0.1, 0.15) is 32.9 Å². The largest absolute Gasteiger partial charge is 0.497 e. The molecule has 0 atom stereocenters. The van der Waals surface area contributed by atoms with Crippen molar-refractivity contribution in [3.63, 3.8) is 0 Å². The molecule has 0 saturated heterocycles. The third-order valence-electron chi connectivity index (χ3n) is 5.33. The fourth-order valence-electron chi connectivity index (χ4n) is 3.40. The highest BCUT2D eigenvalue weighted by atomic mass is 19.4. The Bertz CT molecular complexity index is 1180. The smallest absolute Gasteiger partial charge is 0.416 e. The van der Waals surface area contributed by atoms with E-state index >= 15 is 0 Å². The highest BCUT2D eigenvalue weighted by Gasteiger charge is 2.30. The van der Waals surface area contributed by atoms with Crippen LogP contribution in [0.3, 0.4) is 0 Å². The van der Waals surface area contributed by atoms with E-state index in [-0.39, 0.29) is 11.5 Å². The molecule has 0 saturated carbocycles. The number of ether oxygens (including phenoxy) is 1. The van der Waals surface area contributed by atoms with Gasteiger partial charge in [0.1, 0.15) is 5.75 Å². The van der Waals surface area contributed by atoms with Gasteiger partial charge in [-0.3, -0.25) is 19.8 Å². The van der Waals surface area contributed by atoms with Crippen LogP contribution in [0.2, 0.25) is 0 Å². The number of halogens is 3. The lowest BCUT2D eigenvalue weighted by Gasteiger charge is -2.13. The number of aromatic nitrogens is 2. The Morgan fingerprint density at radius 1 is 1.15 bits per heavy atom. The quantitative estimate of drug-likeness (QED) is 0.408. The molecule has 0 spiro atoms. The molecule has 0 unspecified atom stereocenters. The topological polar surface area (TPSA) is 80.5 Å². The summed E-state index contributed by atoms with van der Waals surface area (Å²) in [5.74, 6) is 0.189. The van der Waals surface area contributed by atoms with E-state index in [0.29, 0.717) is 24.4 Å². The van der Waals surface area contributed by atoms with Crippen molar-refractivity contribution in [2.24, 2.45) is 12.0 Å². The number of rotatable bonds is 6. The van der Waals surface area contributed by atoms with Gasteiger partial charge in [-0.05, 0) is 62.2 Å². The highest BCUT2D eigenvalue weighted by molar-refractivity contribution is 6.10. The Balaban J connectivity index is 1.80. The molecule has 0 aliphatic rings. The van der Waals surface area contributed by atoms with Crippen LogP contribution < -0.4 is 15.4 Å². The average Bonchev–Trinajstić information content (AvgIpc) is 3.04. The van der Waals surface area contributed by atoms with Gasteiger partial charge in [0.25, 0.3) is 5.91 Å². The number of anilines is 1. The Morgan fingerprint density at radius 3 is 2.44 bits per heavy atom. The number of benzene rings is 2. The molecular formula is C24H26F3N5O2. The number of aliphatic imine (C=N–C) groups is 1. The number of hydrogen-bond acceptors (Lipinski definition) is 4. The van der Waals surface area contributed by atoms with Gasteiger partial charge in [0.15, 0.2) is 0 Å². The third kappa shape index (κ3) is 6.15. The van der Waals surface area contributed by atoms with Gasteiger partial charge < -0.3 is 10.1 Å². The normalized spacial score (nSPS) is 11.9. The van der Waals surface area contributed by atoms with E-state index in [0.717, 1.165) is 41.2 Å². The minimum Gasteiger partial charge on any atom is -0.497 e. The highest BCUT2D eigenvalue weighted by Crippen LogP contribution is 2.29. The molecule has 34 heavy (non-hydrogen) atoms. The van der Waals surface area contributed by atoms with Crippen LogP contribution in [0, 0.1) is 13.8 Å². The standard InChI is InChI=1S/C24H26F3N5O2/c1-15-21(16(2)32(3)31-15)12-13-28-23(29-19-6-5-7-20(14-19)34-4)30-22(33)17-8-10-18(11-9-17)24(25,26)27/h5-11,14H,12-13H2,1-4H3,(H2,28,29,30,33). The Kier molecular flexibility index (Phi) is 7.60. The zero-order valence-electron chi connectivity index (χ0n) is 19.3. The van der Waals surface area contributed by atoms with Crippen LogP contribution in [-0.4, -0.2) is 35.3 Å². The van der Waals surface area contributed by atoms with Gasteiger partial charge in [-0.2, -0.15) is 18.3 Å². The second-order valence-electron chi connectivity index (χ2n) is 7.64. The molecule has 180 valence electrons. The molecule has 2 N–H and O–H groups in total. The summed E-state index contributed by atoms with van der Waals surface area (Å²) in [4.78, 5) is 17.2. The summed E-state index contributed by atoms with van der Waals surface area (Å²) in [5, 5.41) is 10.1. The van der Waals surface area contributed by atoms with Crippen molar-refractivity contribution < 1.29 is 22.7 Å². The first-order valence-electron chi connectivity index (χ1n) is 10.5. The van der Waals surface area contributed by atoms with Crippen molar-refractivity contribution in [3.05, 3.63) is 76.6 Å². The maximum absolute atomic E-state index is 12.8. The van der Waals surface area contributed by atoms with Gasteiger partial charge in [-0.15, -0.1) is 0 Å². The van der Waals surface area contributed by atoms with Crippen molar-refractivity contribution in [2.45, 2.75) is 26.4 Å². The fraction of sp³-hybridized carbons (Fsp3) is 0.292. The maximum atomic E-state index is 12.8. The summed E-state index contributed by atoms with van der Waals surface area (Å²) in [5.41, 5.74) is 2.89. The van der Waals surface area contributed by atoms with Gasteiger partial charge in [0, 0.05) is 36.6 Å². The van der Waals surface area contributed by atoms with Gasteiger partial charge in [-0.1, -0.05) is 6.07 Å². The lowest BCUT2D eigenvalue weighted by molar-refractivity contribution is -0.137.